The minimum atomic E-state index is -3.71. The Morgan fingerprint density at radius 1 is 1.19 bits per heavy atom. The van der Waals surface area contributed by atoms with Crippen LogP contribution < -0.4 is 5.32 Å². The van der Waals surface area contributed by atoms with Crippen LogP contribution in [0.2, 0.25) is 0 Å². The van der Waals surface area contributed by atoms with Gasteiger partial charge >= 0.3 is 5.97 Å². The Hall–Kier alpha value is -3.28. The lowest BCUT2D eigenvalue weighted by Crippen LogP contribution is -2.40. The van der Waals surface area contributed by atoms with Gasteiger partial charge in [-0.3, -0.25) is 9.89 Å². The lowest BCUT2D eigenvalue weighted by atomic mass is 10.2. The smallest absolute Gasteiger partial charge is 0.359 e. The Labute approximate surface area is 184 Å². The molecule has 3 aromatic rings. The van der Waals surface area contributed by atoms with Crippen molar-refractivity contribution < 1.29 is 27.5 Å². The van der Waals surface area contributed by atoms with Crippen LogP contribution in [0, 0.1) is 6.92 Å². The van der Waals surface area contributed by atoms with Gasteiger partial charge in [0.05, 0.1) is 23.6 Å². The van der Waals surface area contributed by atoms with Gasteiger partial charge in [-0.05, 0) is 30.7 Å². The number of aryl methyl sites for hydroxylation is 1. The van der Waals surface area contributed by atoms with Crippen LogP contribution in [-0.2, 0) is 24.3 Å². The first-order valence-electron chi connectivity index (χ1n) is 9.95. The molecule has 10 nitrogen and oxygen atoms in total. The van der Waals surface area contributed by atoms with Gasteiger partial charge in [0.25, 0.3) is 5.91 Å². The molecule has 1 saturated heterocycles. The minimum absolute atomic E-state index is 0.0697. The molecule has 2 aromatic carbocycles. The Morgan fingerprint density at radius 2 is 1.94 bits per heavy atom. The number of benzene rings is 2. The highest BCUT2D eigenvalue weighted by atomic mass is 32.2. The van der Waals surface area contributed by atoms with Crippen molar-refractivity contribution in [2.24, 2.45) is 0 Å². The monoisotopic (exact) mass is 458 g/mol. The number of nitrogens with one attached hydrogen (secondary N) is 2. The van der Waals surface area contributed by atoms with Gasteiger partial charge < -0.3 is 14.8 Å². The summed E-state index contributed by atoms with van der Waals surface area (Å²) in [5.74, 6) is -1.33. The molecule has 1 aliphatic heterocycles. The van der Waals surface area contributed by atoms with Gasteiger partial charge in [0.2, 0.25) is 10.0 Å². The maximum atomic E-state index is 12.9. The van der Waals surface area contributed by atoms with Crippen LogP contribution >= 0.6 is 0 Å². The van der Waals surface area contributed by atoms with Gasteiger partial charge in [0.15, 0.2) is 12.3 Å². The fraction of sp³-hybridized carbons (Fsp3) is 0.286. The number of aromatic amines is 1. The second kappa shape index (κ2) is 9.07. The number of hydrogen-bond donors (Lipinski definition) is 2. The van der Waals surface area contributed by atoms with Crippen LogP contribution in [0.15, 0.2) is 47.4 Å². The van der Waals surface area contributed by atoms with Gasteiger partial charge in [0.1, 0.15) is 0 Å². The highest BCUT2D eigenvalue weighted by molar-refractivity contribution is 7.89. The van der Waals surface area contributed by atoms with Gasteiger partial charge in [0, 0.05) is 24.2 Å². The molecule has 1 aromatic heterocycles. The number of para-hydroxylation sites is 1. The van der Waals surface area contributed by atoms with Crippen molar-refractivity contribution >= 4 is 38.5 Å². The largest absolute Gasteiger partial charge is 0.451 e. The van der Waals surface area contributed by atoms with Gasteiger partial charge in [-0.25, -0.2) is 13.2 Å². The summed E-state index contributed by atoms with van der Waals surface area (Å²) in [5, 5.41) is 9.88. The summed E-state index contributed by atoms with van der Waals surface area (Å²) in [4.78, 5) is 24.8. The molecule has 1 fully saturated rings. The number of ether oxygens (including phenoxy) is 2. The zero-order valence-corrected chi connectivity index (χ0v) is 18.1. The Kier molecular flexibility index (Phi) is 6.21. The topological polar surface area (TPSA) is 131 Å². The third-order valence-corrected chi connectivity index (χ3v) is 6.98. The van der Waals surface area contributed by atoms with Crippen LogP contribution in [0.3, 0.4) is 0 Å². The maximum absolute atomic E-state index is 12.9. The number of aromatic nitrogens is 2. The molecule has 2 N–H and O–H groups in total. The molecule has 0 bridgehead atoms. The van der Waals surface area contributed by atoms with E-state index < -0.39 is 28.5 Å². The number of fused-ring (bicyclic) bond motifs is 1. The number of rotatable bonds is 6. The number of carbonyl (C=O) groups is 2. The molecule has 11 heteroatoms. The number of carbonyl (C=O) groups excluding carboxylic acids is 2. The number of hydrogen-bond acceptors (Lipinski definition) is 7. The van der Waals surface area contributed by atoms with Gasteiger partial charge in [-0.1, -0.05) is 24.3 Å². The van der Waals surface area contributed by atoms with Crippen LogP contribution in [-0.4, -0.2) is 67.7 Å². The third kappa shape index (κ3) is 4.49. The molecule has 1 aliphatic rings. The van der Waals surface area contributed by atoms with E-state index in [9.17, 15) is 18.0 Å². The summed E-state index contributed by atoms with van der Waals surface area (Å²) in [5.41, 5.74) is 1.76. The zero-order valence-electron chi connectivity index (χ0n) is 17.3. The molecular weight excluding hydrogens is 436 g/mol. The van der Waals surface area contributed by atoms with Crippen molar-refractivity contribution in [3.8, 4) is 0 Å². The zero-order chi connectivity index (χ0) is 22.7. The molecule has 0 radical (unpaired) electrons. The summed E-state index contributed by atoms with van der Waals surface area (Å²) in [7, 11) is -3.71. The molecule has 0 spiro atoms. The first kappa shape index (κ1) is 21.9. The van der Waals surface area contributed by atoms with E-state index in [1.54, 1.807) is 37.3 Å². The fourth-order valence-electron chi connectivity index (χ4n) is 3.34. The normalized spacial score (nSPS) is 14.9. The van der Waals surface area contributed by atoms with Crippen molar-refractivity contribution in [3.63, 3.8) is 0 Å². The van der Waals surface area contributed by atoms with Crippen LogP contribution in [0.25, 0.3) is 10.9 Å². The van der Waals surface area contributed by atoms with Gasteiger partial charge in [-0.15, -0.1) is 0 Å². The average molecular weight is 458 g/mol. The van der Waals surface area contributed by atoms with E-state index in [4.69, 9.17) is 9.47 Å². The number of amides is 1. The minimum Gasteiger partial charge on any atom is -0.451 e. The second-order valence-electron chi connectivity index (χ2n) is 7.24. The average Bonchev–Trinajstić information content (AvgIpc) is 3.24. The van der Waals surface area contributed by atoms with Crippen molar-refractivity contribution in [1.29, 1.82) is 0 Å². The van der Waals surface area contributed by atoms with Crippen molar-refractivity contribution in [2.75, 3.05) is 38.2 Å². The number of H-pyrrole nitrogens is 1. The van der Waals surface area contributed by atoms with E-state index in [0.717, 1.165) is 0 Å². The predicted molar refractivity (Wildman–Crippen MR) is 116 cm³/mol. The van der Waals surface area contributed by atoms with Crippen LogP contribution in [0.5, 0.6) is 0 Å². The number of nitrogens with zero attached hydrogens (tertiary/aromatic N) is 2. The Morgan fingerprint density at radius 3 is 2.72 bits per heavy atom. The highest BCUT2D eigenvalue weighted by Gasteiger charge is 2.27. The summed E-state index contributed by atoms with van der Waals surface area (Å²) in [6, 6.07) is 11.6. The van der Waals surface area contributed by atoms with Crippen molar-refractivity contribution in [1.82, 2.24) is 14.5 Å². The molecule has 0 saturated carbocycles. The highest BCUT2D eigenvalue weighted by Crippen LogP contribution is 2.24. The fourth-order valence-corrected chi connectivity index (χ4v) is 4.77. The second-order valence-corrected chi connectivity index (χ2v) is 9.17. The molecule has 0 unspecified atom stereocenters. The lowest BCUT2D eigenvalue weighted by molar-refractivity contribution is -0.119. The number of sulfonamides is 1. The Balaban J connectivity index is 1.43. The molecule has 4 rings (SSSR count). The van der Waals surface area contributed by atoms with E-state index in [1.807, 2.05) is 0 Å². The molecular formula is C21H22N4O6S. The van der Waals surface area contributed by atoms with Crippen molar-refractivity contribution in [3.05, 3.63) is 53.7 Å². The summed E-state index contributed by atoms with van der Waals surface area (Å²) < 4.78 is 37.4. The van der Waals surface area contributed by atoms with E-state index in [0.29, 0.717) is 35.4 Å². The molecule has 2 heterocycles. The van der Waals surface area contributed by atoms with E-state index in [-0.39, 0.29) is 23.7 Å². The van der Waals surface area contributed by atoms with E-state index in [2.05, 4.69) is 15.5 Å². The molecule has 0 atom stereocenters. The molecule has 32 heavy (non-hydrogen) atoms. The predicted octanol–water partition coefficient (Wildman–Crippen LogP) is 1.69. The maximum Gasteiger partial charge on any atom is 0.359 e. The van der Waals surface area contributed by atoms with E-state index >= 15 is 0 Å². The first-order chi connectivity index (χ1) is 15.4. The molecule has 168 valence electrons. The summed E-state index contributed by atoms with van der Waals surface area (Å²) in [6.07, 6.45) is 0. The van der Waals surface area contributed by atoms with Gasteiger partial charge in [-0.2, -0.15) is 9.40 Å². The van der Waals surface area contributed by atoms with Crippen LogP contribution in [0.4, 0.5) is 5.69 Å². The summed E-state index contributed by atoms with van der Waals surface area (Å²) >= 11 is 0. The Bertz CT molecular complexity index is 1260. The SMILES string of the molecule is Cc1ccc(S(=O)(=O)N2CCOCC2)cc1NC(=O)COC(=O)c1n[nH]c2ccccc12. The first-order valence-corrected chi connectivity index (χ1v) is 11.4. The number of morpholine rings is 1. The van der Waals surface area contributed by atoms with Crippen LogP contribution in [0.1, 0.15) is 16.1 Å². The molecule has 1 amide bonds. The lowest BCUT2D eigenvalue weighted by Gasteiger charge is -2.26. The third-order valence-electron chi connectivity index (χ3n) is 5.09. The summed E-state index contributed by atoms with van der Waals surface area (Å²) in [6.45, 7) is 2.42. The molecule has 0 aliphatic carbocycles. The quantitative estimate of drug-likeness (QED) is 0.538. The number of anilines is 1. The number of esters is 1. The standard InChI is InChI=1S/C21H22N4O6S/c1-14-6-7-15(32(28,29)25-8-10-30-11-9-25)12-18(14)22-19(26)13-31-21(27)20-16-4-2-3-5-17(16)23-24-20/h2-7,12H,8-11,13H2,1H3,(H,22,26)(H,23,24). The van der Waals surface area contributed by atoms with Crippen molar-refractivity contribution in [2.45, 2.75) is 11.8 Å². The van der Waals surface area contributed by atoms with E-state index in [1.165, 1.54) is 16.4 Å².